The maximum Gasteiger partial charge on any atom is 0.416 e. The predicted molar refractivity (Wildman–Crippen MR) is 111 cm³/mol. The summed E-state index contributed by atoms with van der Waals surface area (Å²) in [4.78, 5) is 12.0. The average molecular weight is 466 g/mol. The van der Waals surface area contributed by atoms with Crippen molar-refractivity contribution in [1.82, 2.24) is 5.32 Å². The Hall–Kier alpha value is -3.40. The Kier molecular flexibility index (Phi) is 6.83. The summed E-state index contributed by atoms with van der Waals surface area (Å²) in [5.41, 5.74) is 0.641. The molecule has 10 heteroatoms. The fourth-order valence-corrected chi connectivity index (χ4v) is 3.84. The van der Waals surface area contributed by atoms with Crippen LogP contribution in [0.15, 0.2) is 77.7 Å². The van der Waals surface area contributed by atoms with Gasteiger partial charge in [-0.25, -0.2) is 12.8 Å². The second-order valence-corrected chi connectivity index (χ2v) is 8.59. The monoisotopic (exact) mass is 466 g/mol. The molecule has 0 spiro atoms. The van der Waals surface area contributed by atoms with Gasteiger partial charge >= 0.3 is 6.18 Å². The average Bonchev–Trinajstić information content (AvgIpc) is 2.73. The normalized spacial score (nSPS) is 11.8. The number of carbonyl (C=O) groups excluding carboxylic acids is 1. The van der Waals surface area contributed by atoms with Gasteiger partial charge in [-0.05, 0) is 59.7 Å². The van der Waals surface area contributed by atoms with Gasteiger partial charge in [0.25, 0.3) is 10.0 Å². The maximum absolute atomic E-state index is 13.0. The van der Waals surface area contributed by atoms with Crippen molar-refractivity contribution in [2.45, 2.75) is 24.0 Å². The third kappa shape index (κ3) is 6.30. The zero-order valence-corrected chi connectivity index (χ0v) is 17.3. The van der Waals surface area contributed by atoms with Crippen molar-refractivity contribution in [1.29, 1.82) is 0 Å². The molecule has 0 atom stereocenters. The van der Waals surface area contributed by atoms with Crippen molar-refractivity contribution < 1.29 is 30.8 Å². The lowest BCUT2D eigenvalue weighted by atomic mass is 10.1. The molecular weight excluding hydrogens is 448 g/mol. The highest BCUT2D eigenvalue weighted by Crippen LogP contribution is 2.29. The Labute approximate surface area is 182 Å². The van der Waals surface area contributed by atoms with E-state index in [-0.39, 0.29) is 29.5 Å². The van der Waals surface area contributed by atoms with Gasteiger partial charge in [0.2, 0.25) is 5.91 Å². The predicted octanol–water partition coefficient (Wildman–Crippen LogP) is 4.50. The molecule has 0 aliphatic rings. The number of halogens is 4. The third-order valence-corrected chi connectivity index (χ3v) is 5.86. The number of sulfonamides is 1. The number of amides is 1. The number of alkyl halides is 3. The Morgan fingerprint density at radius 1 is 0.812 bits per heavy atom. The molecule has 3 aromatic rings. The van der Waals surface area contributed by atoms with E-state index < -0.39 is 27.6 Å². The van der Waals surface area contributed by atoms with Crippen LogP contribution in [-0.4, -0.2) is 14.3 Å². The summed E-state index contributed by atoms with van der Waals surface area (Å²) >= 11 is 0. The van der Waals surface area contributed by atoms with Gasteiger partial charge < -0.3 is 5.32 Å². The molecule has 0 aromatic heterocycles. The van der Waals surface area contributed by atoms with Crippen molar-refractivity contribution in [3.63, 3.8) is 0 Å². The summed E-state index contributed by atoms with van der Waals surface area (Å²) < 4.78 is 77.7. The minimum absolute atomic E-state index is 0.00558. The van der Waals surface area contributed by atoms with Crippen LogP contribution >= 0.6 is 0 Å². The number of rotatable bonds is 7. The number of hydrogen-bond acceptors (Lipinski definition) is 3. The molecule has 0 radical (unpaired) electrons. The third-order valence-electron chi connectivity index (χ3n) is 4.47. The molecule has 168 valence electrons. The van der Waals surface area contributed by atoms with Gasteiger partial charge in [0.1, 0.15) is 5.82 Å². The van der Waals surface area contributed by atoms with E-state index in [4.69, 9.17) is 0 Å². The molecular formula is C22H18F4N2O3S. The topological polar surface area (TPSA) is 75.3 Å². The first-order chi connectivity index (χ1) is 15.0. The van der Waals surface area contributed by atoms with Gasteiger partial charge in [-0.3, -0.25) is 9.52 Å². The van der Waals surface area contributed by atoms with Crippen molar-refractivity contribution in [3.05, 3.63) is 95.3 Å². The van der Waals surface area contributed by atoms with Crippen molar-refractivity contribution in [3.8, 4) is 0 Å². The molecule has 0 saturated heterocycles. The summed E-state index contributed by atoms with van der Waals surface area (Å²) in [6.07, 6.45) is -4.41. The first kappa shape index (κ1) is 23.3. The molecule has 1 amide bonds. The zero-order chi connectivity index (χ0) is 23.4. The van der Waals surface area contributed by atoms with E-state index in [0.717, 1.165) is 36.4 Å². The molecule has 0 heterocycles. The molecule has 3 aromatic carbocycles. The molecule has 0 saturated carbocycles. The standard InChI is InChI=1S/C22H18F4N2O3S/c23-18-7-11-20(12-8-18)32(30,31)28-19-9-3-15(4-10-19)13-21(29)27-14-16-1-5-17(6-2-16)22(24,25)26/h1-12,28H,13-14H2,(H,27,29). The van der Waals surface area contributed by atoms with Crippen LogP contribution in [0.2, 0.25) is 0 Å². The van der Waals surface area contributed by atoms with E-state index in [2.05, 4.69) is 10.0 Å². The van der Waals surface area contributed by atoms with Crippen molar-refractivity contribution >= 4 is 21.6 Å². The van der Waals surface area contributed by atoms with Crippen LogP contribution < -0.4 is 10.0 Å². The first-order valence-corrected chi connectivity index (χ1v) is 10.8. The van der Waals surface area contributed by atoms with Crippen LogP contribution in [0, 0.1) is 5.82 Å². The van der Waals surface area contributed by atoms with E-state index in [1.54, 1.807) is 12.1 Å². The van der Waals surface area contributed by atoms with Crippen molar-refractivity contribution in [2.24, 2.45) is 0 Å². The van der Waals surface area contributed by atoms with Crippen LogP contribution in [0.25, 0.3) is 0 Å². The van der Waals surface area contributed by atoms with Gasteiger partial charge in [-0.15, -0.1) is 0 Å². The van der Waals surface area contributed by atoms with Gasteiger partial charge in [-0.1, -0.05) is 24.3 Å². The highest BCUT2D eigenvalue weighted by Gasteiger charge is 2.29. The molecule has 0 aliphatic heterocycles. The van der Waals surface area contributed by atoms with E-state index in [9.17, 15) is 30.8 Å². The summed E-state index contributed by atoms with van der Waals surface area (Å²) in [6.45, 7) is 0.0759. The summed E-state index contributed by atoms with van der Waals surface area (Å²) in [6, 6.07) is 15.0. The quantitative estimate of drug-likeness (QED) is 0.504. The van der Waals surface area contributed by atoms with Gasteiger partial charge in [0, 0.05) is 12.2 Å². The lowest BCUT2D eigenvalue weighted by molar-refractivity contribution is -0.137. The molecule has 0 unspecified atom stereocenters. The van der Waals surface area contributed by atoms with Crippen molar-refractivity contribution in [2.75, 3.05) is 4.72 Å². The van der Waals surface area contributed by atoms with Gasteiger partial charge in [0.05, 0.1) is 16.9 Å². The highest BCUT2D eigenvalue weighted by atomic mass is 32.2. The summed E-state index contributed by atoms with van der Waals surface area (Å²) in [5, 5.41) is 2.62. The van der Waals surface area contributed by atoms with E-state index in [1.165, 1.54) is 24.3 Å². The zero-order valence-electron chi connectivity index (χ0n) is 16.5. The molecule has 0 bridgehead atoms. The Morgan fingerprint density at radius 3 is 1.94 bits per heavy atom. The molecule has 0 aliphatic carbocycles. The number of benzene rings is 3. The second kappa shape index (κ2) is 9.39. The summed E-state index contributed by atoms with van der Waals surface area (Å²) in [5.74, 6) is -0.894. The lowest BCUT2D eigenvalue weighted by Gasteiger charge is -2.10. The van der Waals surface area contributed by atoms with Crippen LogP contribution in [0.5, 0.6) is 0 Å². The number of carbonyl (C=O) groups is 1. The Bertz CT molecular complexity index is 1180. The first-order valence-electron chi connectivity index (χ1n) is 9.33. The van der Waals surface area contributed by atoms with E-state index in [0.29, 0.717) is 11.1 Å². The molecule has 32 heavy (non-hydrogen) atoms. The summed E-state index contributed by atoms with van der Waals surface area (Å²) in [7, 11) is -3.88. The lowest BCUT2D eigenvalue weighted by Crippen LogP contribution is -2.24. The second-order valence-electron chi connectivity index (χ2n) is 6.90. The molecule has 0 fully saturated rings. The number of hydrogen-bond donors (Lipinski definition) is 2. The van der Waals surface area contributed by atoms with E-state index in [1.807, 2.05) is 0 Å². The van der Waals surface area contributed by atoms with Crippen LogP contribution in [-0.2, 0) is 34.0 Å². The fourth-order valence-electron chi connectivity index (χ4n) is 2.78. The van der Waals surface area contributed by atoms with Crippen LogP contribution in [0.1, 0.15) is 16.7 Å². The SMILES string of the molecule is O=C(Cc1ccc(NS(=O)(=O)c2ccc(F)cc2)cc1)NCc1ccc(C(F)(F)F)cc1. The Balaban J connectivity index is 1.53. The smallest absolute Gasteiger partial charge is 0.352 e. The fraction of sp³-hybridized carbons (Fsp3) is 0.136. The molecule has 3 rings (SSSR count). The number of anilines is 1. The molecule has 2 N–H and O–H groups in total. The van der Waals surface area contributed by atoms with E-state index >= 15 is 0 Å². The maximum atomic E-state index is 13.0. The Morgan fingerprint density at radius 2 is 1.38 bits per heavy atom. The largest absolute Gasteiger partial charge is 0.416 e. The number of nitrogens with one attached hydrogen (secondary N) is 2. The van der Waals surface area contributed by atoms with Gasteiger partial charge in [-0.2, -0.15) is 13.2 Å². The minimum Gasteiger partial charge on any atom is -0.352 e. The molecule has 5 nitrogen and oxygen atoms in total. The highest BCUT2D eigenvalue weighted by molar-refractivity contribution is 7.92. The van der Waals surface area contributed by atoms with Gasteiger partial charge in [0.15, 0.2) is 0 Å². The minimum atomic E-state index is -4.42. The van der Waals surface area contributed by atoms with Crippen LogP contribution in [0.3, 0.4) is 0 Å². The van der Waals surface area contributed by atoms with Crippen LogP contribution in [0.4, 0.5) is 23.2 Å².